The van der Waals surface area contributed by atoms with Gasteiger partial charge in [-0.2, -0.15) is 0 Å². The Morgan fingerprint density at radius 2 is 1.68 bits per heavy atom. The number of imidazole rings is 1. The van der Waals surface area contributed by atoms with E-state index in [1.54, 1.807) is 23.7 Å². The third-order valence-corrected chi connectivity index (χ3v) is 6.63. The summed E-state index contributed by atoms with van der Waals surface area (Å²) in [5.41, 5.74) is 3.43. The molecule has 0 saturated carbocycles. The number of amides is 1. The normalized spacial score (nSPS) is 11.2. The number of carbonyl (C=O) groups excluding carboxylic acids is 1. The molecule has 1 amide bonds. The van der Waals surface area contributed by atoms with E-state index in [1.807, 2.05) is 44.2 Å². The number of hydrogen-bond acceptors (Lipinski definition) is 5. The maximum absolute atomic E-state index is 13.0. The third kappa shape index (κ3) is 4.80. The molecule has 0 saturated heterocycles. The number of fused-ring (bicyclic) bond motifs is 1. The fourth-order valence-corrected chi connectivity index (χ4v) is 4.75. The Morgan fingerprint density at radius 1 is 1.03 bits per heavy atom. The second-order valence-electron chi connectivity index (χ2n) is 8.20. The molecule has 0 fully saturated rings. The summed E-state index contributed by atoms with van der Waals surface area (Å²) in [4.78, 5) is 42.7. The van der Waals surface area contributed by atoms with Crippen LogP contribution in [-0.2, 0) is 25.4 Å². The van der Waals surface area contributed by atoms with Gasteiger partial charge in [0.15, 0.2) is 16.3 Å². The van der Waals surface area contributed by atoms with Crippen molar-refractivity contribution in [2.45, 2.75) is 25.5 Å². The Labute approximate surface area is 205 Å². The van der Waals surface area contributed by atoms with Crippen molar-refractivity contribution in [3.63, 3.8) is 0 Å². The molecule has 176 valence electrons. The smallest absolute Gasteiger partial charge is 0.325 e. The Hall–Kier alpha value is -3.30. The largest absolute Gasteiger partial charge is 0.332 e. The second kappa shape index (κ2) is 9.52. The van der Waals surface area contributed by atoms with Gasteiger partial charge in [0.25, 0.3) is 5.56 Å². The van der Waals surface area contributed by atoms with Crippen molar-refractivity contribution >= 4 is 46.1 Å². The van der Waals surface area contributed by atoms with Crippen LogP contribution >= 0.6 is 23.4 Å². The highest BCUT2D eigenvalue weighted by atomic mass is 35.5. The summed E-state index contributed by atoms with van der Waals surface area (Å²) < 4.78 is 4.15. The van der Waals surface area contributed by atoms with Gasteiger partial charge in [0.05, 0.1) is 12.3 Å². The van der Waals surface area contributed by atoms with Crippen LogP contribution in [0.25, 0.3) is 11.2 Å². The highest BCUT2D eigenvalue weighted by molar-refractivity contribution is 7.99. The number of nitrogens with one attached hydrogen (secondary N) is 1. The van der Waals surface area contributed by atoms with Gasteiger partial charge in [-0.25, -0.2) is 9.78 Å². The minimum Gasteiger partial charge on any atom is -0.325 e. The molecule has 4 aromatic rings. The first kappa shape index (κ1) is 23.8. The van der Waals surface area contributed by atoms with Crippen molar-refractivity contribution in [3.05, 3.63) is 85.0 Å². The van der Waals surface area contributed by atoms with E-state index in [1.165, 1.54) is 23.4 Å². The summed E-state index contributed by atoms with van der Waals surface area (Å²) in [6, 6.07) is 13.1. The molecule has 8 nitrogen and oxygen atoms in total. The number of nitrogens with zero attached hydrogens (tertiary/aromatic N) is 4. The average Bonchev–Trinajstić information content (AvgIpc) is 3.14. The van der Waals surface area contributed by atoms with Crippen molar-refractivity contribution in [1.29, 1.82) is 0 Å². The summed E-state index contributed by atoms with van der Waals surface area (Å²) in [6.07, 6.45) is 0. The van der Waals surface area contributed by atoms with Gasteiger partial charge >= 0.3 is 5.69 Å². The zero-order chi connectivity index (χ0) is 24.6. The van der Waals surface area contributed by atoms with Crippen LogP contribution in [0.5, 0.6) is 0 Å². The van der Waals surface area contributed by atoms with Crippen molar-refractivity contribution in [3.8, 4) is 0 Å². The van der Waals surface area contributed by atoms with E-state index < -0.39 is 11.2 Å². The fourth-order valence-electron chi connectivity index (χ4n) is 3.83. The van der Waals surface area contributed by atoms with Gasteiger partial charge in [0.1, 0.15) is 0 Å². The lowest BCUT2D eigenvalue weighted by Crippen LogP contribution is -2.37. The highest BCUT2D eigenvalue weighted by Gasteiger charge is 2.20. The number of thioether (sulfide) groups is 1. The van der Waals surface area contributed by atoms with Crippen molar-refractivity contribution in [2.75, 3.05) is 11.1 Å². The average molecular weight is 498 g/mol. The Bertz CT molecular complexity index is 1500. The van der Waals surface area contributed by atoms with Crippen LogP contribution in [0.4, 0.5) is 5.69 Å². The maximum Gasteiger partial charge on any atom is 0.332 e. The van der Waals surface area contributed by atoms with E-state index in [-0.39, 0.29) is 17.3 Å². The van der Waals surface area contributed by atoms with E-state index in [2.05, 4.69) is 10.3 Å². The summed E-state index contributed by atoms with van der Waals surface area (Å²) in [7, 11) is 3.01. The number of carbonyl (C=O) groups is 1. The summed E-state index contributed by atoms with van der Waals surface area (Å²) in [5, 5.41) is 3.99. The Balaban J connectivity index is 1.69. The summed E-state index contributed by atoms with van der Waals surface area (Å²) in [5.74, 6) is -0.104. The van der Waals surface area contributed by atoms with E-state index >= 15 is 0 Å². The van der Waals surface area contributed by atoms with Crippen LogP contribution in [0.3, 0.4) is 0 Å². The molecule has 0 aliphatic carbocycles. The number of rotatable bonds is 6. The van der Waals surface area contributed by atoms with Gasteiger partial charge in [-0.1, -0.05) is 41.6 Å². The molecule has 2 aromatic carbocycles. The van der Waals surface area contributed by atoms with Gasteiger partial charge in [-0.05, 0) is 54.8 Å². The van der Waals surface area contributed by atoms with Gasteiger partial charge in [-0.15, -0.1) is 0 Å². The fraction of sp³-hybridized carbons (Fsp3) is 0.250. The first-order valence-corrected chi connectivity index (χ1v) is 11.9. The predicted molar refractivity (Wildman–Crippen MR) is 136 cm³/mol. The van der Waals surface area contributed by atoms with Crippen LogP contribution in [0, 0.1) is 13.8 Å². The van der Waals surface area contributed by atoms with Crippen molar-refractivity contribution < 1.29 is 4.79 Å². The van der Waals surface area contributed by atoms with Crippen LogP contribution in [0.15, 0.2) is 57.2 Å². The lowest BCUT2D eigenvalue weighted by Gasteiger charge is -2.10. The van der Waals surface area contributed by atoms with E-state index in [9.17, 15) is 14.4 Å². The van der Waals surface area contributed by atoms with Crippen molar-refractivity contribution in [1.82, 2.24) is 18.7 Å². The molecule has 0 atom stereocenters. The molecule has 0 aliphatic rings. The SMILES string of the molecule is Cc1cc(C)cc(NC(=O)CSc2nc3c(c(=O)n(C)c(=O)n3C)n2Cc2ccc(Cl)cc2)c1. The van der Waals surface area contributed by atoms with E-state index in [4.69, 9.17) is 11.6 Å². The molecule has 0 spiro atoms. The maximum atomic E-state index is 13.0. The number of hydrogen-bond donors (Lipinski definition) is 1. The van der Waals surface area contributed by atoms with Gasteiger partial charge in [0, 0.05) is 24.8 Å². The summed E-state index contributed by atoms with van der Waals surface area (Å²) in [6.45, 7) is 4.28. The molecular formula is C24H24ClN5O3S. The molecular weight excluding hydrogens is 474 g/mol. The minimum atomic E-state index is -0.460. The van der Waals surface area contributed by atoms with Crippen LogP contribution in [0.1, 0.15) is 16.7 Å². The quantitative estimate of drug-likeness (QED) is 0.412. The molecule has 0 aliphatic heterocycles. The zero-order valence-corrected chi connectivity index (χ0v) is 20.8. The first-order chi connectivity index (χ1) is 16.1. The van der Waals surface area contributed by atoms with Crippen LogP contribution in [0.2, 0.25) is 5.02 Å². The van der Waals surface area contributed by atoms with Crippen molar-refractivity contribution in [2.24, 2.45) is 14.1 Å². The third-order valence-electron chi connectivity index (χ3n) is 5.40. The van der Waals surface area contributed by atoms with E-state index in [0.717, 1.165) is 26.9 Å². The monoisotopic (exact) mass is 497 g/mol. The molecule has 4 rings (SSSR count). The molecule has 0 unspecified atom stereocenters. The first-order valence-electron chi connectivity index (χ1n) is 10.6. The lowest BCUT2D eigenvalue weighted by molar-refractivity contribution is -0.113. The Kier molecular flexibility index (Phi) is 6.67. The molecule has 0 bridgehead atoms. The number of anilines is 1. The molecule has 34 heavy (non-hydrogen) atoms. The van der Waals surface area contributed by atoms with Crippen LogP contribution in [-0.4, -0.2) is 30.3 Å². The zero-order valence-electron chi connectivity index (χ0n) is 19.3. The number of halogens is 1. The molecule has 0 radical (unpaired) electrons. The highest BCUT2D eigenvalue weighted by Crippen LogP contribution is 2.24. The molecule has 10 heteroatoms. The predicted octanol–water partition coefficient (Wildman–Crippen LogP) is 3.48. The standard InChI is InChI=1S/C24H24ClN5O3S/c1-14-9-15(2)11-18(10-14)26-19(31)13-34-23-27-21-20(22(32)29(4)24(33)28(21)3)30(23)12-16-5-7-17(25)8-6-16/h5-11H,12-13H2,1-4H3,(H,26,31). The Morgan fingerprint density at radius 3 is 2.32 bits per heavy atom. The van der Waals surface area contributed by atoms with Gasteiger partial charge in [-0.3, -0.25) is 18.7 Å². The van der Waals surface area contributed by atoms with Gasteiger partial charge < -0.3 is 9.88 Å². The second-order valence-corrected chi connectivity index (χ2v) is 9.58. The summed E-state index contributed by atoms with van der Waals surface area (Å²) >= 11 is 7.23. The number of benzene rings is 2. The number of aromatic nitrogens is 4. The topological polar surface area (TPSA) is 90.9 Å². The molecule has 2 aromatic heterocycles. The lowest BCUT2D eigenvalue weighted by atomic mass is 10.1. The number of aryl methyl sites for hydroxylation is 3. The molecule has 2 heterocycles. The minimum absolute atomic E-state index is 0.0885. The van der Waals surface area contributed by atoms with Crippen LogP contribution < -0.4 is 16.6 Å². The molecule has 1 N–H and O–H groups in total. The van der Waals surface area contributed by atoms with E-state index in [0.29, 0.717) is 22.2 Å². The van der Waals surface area contributed by atoms with Gasteiger partial charge in [0.2, 0.25) is 5.91 Å².